The minimum Gasteiger partial charge on any atom is -0.356 e. The number of thioether (sulfide) groups is 1. The molecule has 2 fully saturated rings. The Morgan fingerprint density at radius 3 is 2.59 bits per heavy atom. The summed E-state index contributed by atoms with van der Waals surface area (Å²) in [5.41, 5.74) is 1.98. The maximum atomic E-state index is 13.3. The largest absolute Gasteiger partial charge is 0.356 e. The number of carbonyl (C=O) groups excluding carboxylic acids is 1. The standard InChI is InChI=1S/C22H25N3OS/c1-16-7-5-6-10-19(16)25-21(26)20(15-17-11-13-23-14-12-17)27-22(25)24-18-8-3-2-4-9-18/h2-4,8-9,11-16,19,22,24H,5-7,10H2,1H3/b20-15-/t16-,19-,22?/m1/s1. The molecule has 0 bridgehead atoms. The summed E-state index contributed by atoms with van der Waals surface area (Å²) in [7, 11) is 0. The fourth-order valence-corrected chi connectivity index (χ4v) is 5.19. The Labute approximate surface area is 165 Å². The van der Waals surface area contributed by atoms with Crippen LogP contribution in [0, 0.1) is 5.92 Å². The first-order valence-corrected chi connectivity index (χ1v) is 10.5. The van der Waals surface area contributed by atoms with Crippen molar-refractivity contribution in [2.24, 2.45) is 5.92 Å². The van der Waals surface area contributed by atoms with Crippen LogP contribution in [0.15, 0.2) is 59.8 Å². The van der Waals surface area contributed by atoms with Crippen LogP contribution >= 0.6 is 11.8 Å². The van der Waals surface area contributed by atoms with E-state index in [4.69, 9.17) is 0 Å². The number of anilines is 1. The predicted octanol–water partition coefficient (Wildman–Crippen LogP) is 4.97. The molecule has 4 rings (SSSR count). The molecule has 2 aromatic rings. The molecule has 1 aromatic carbocycles. The molecule has 0 spiro atoms. The van der Waals surface area contributed by atoms with Gasteiger partial charge >= 0.3 is 0 Å². The molecule has 5 heteroatoms. The molecular weight excluding hydrogens is 354 g/mol. The van der Waals surface area contributed by atoms with Crippen LogP contribution in [0.1, 0.15) is 38.2 Å². The summed E-state index contributed by atoms with van der Waals surface area (Å²) >= 11 is 1.62. The average Bonchev–Trinajstić information content (AvgIpc) is 2.99. The third kappa shape index (κ3) is 4.03. The molecule has 0 radical (unpaired) electrons. The molecule has 1 aliphatic heterocycles. The third-order valence-corrected chi connectivity index (χ3v) is 6.54. The molecular formula is C22H25N3OS. The Bertz CT molecular complexity index is 809. The number of hydrogen-bond acceptors (Lipinski definition) is 4. The van der Waals surface area contributed by atoms with Gasteiger partial charge in [0.15, 0.2) is 5.50 Å². The summed E-state index contributed by atoms with van der Waals surface area (Å²) in [6.07, 6.45) is 10.3. The van der Waals surface area contributed by atoms with Crippen molar-refractivity contribution in [1.82, 2.24) is 9.88 Å². The lowest BCUT2D eigenvalue weighted by Crippen LogP contribution is -2.48. The Morgan fingerprint density at radius 1 is 1.11 bits per heavy atom. The SMILES string of the molecule is C[C@@H]1CCCC[C@H]1N1C(=O)/C(=C/c2ccncc2)SC1Nc1ccccc1. The molecule has 3 atom stereocenters. The highest BCUT2D eigenvalue weighted by Crippen LogP contribution is 2.42. The van der Waals surface area contributed by atoms with Crippen LogP contribution < -0.4 is 5.32 Å². The topological polar surface area (TPSA) is 45.2 Å². The van der Waals surface area contributed by atoms with E-state index in [1.54, 1.807) is 24.2 Å². The summed E-state index contributed by atoms with van der Waals surface area (Å²) < 4.78 is 0. The van der Waals surface area contributed by atoms with Gasteiger partial charge in [-0.3, -0.25) is 9.78 Å². The highest BCUT2D eigenvalue weighted by Gasteiger charge is 2.42. The maximum absolute atomic E-state index is 13.3. The van der Waals surface area contributed by atoms with Crippen LogP contribution in [0.2, 0.25) is 0 Å². The summed E-state index contributed by atoms with van der Waals surface area (Å²) in [5, 5.41) is 3.57. The number of aromatic nitrogens is 1. The lowest BCUT2D eigenvalue weighted by atomic mass is 9.85. The molecule has 1 amide bonds. The zero-order valence-corrected chi connectivity index (χ0v) is 16.4. The van der Waals surface area contributed by atoms with Gasteiger partial charge in [0.05, 0.1) is 4.91 Å². The lowest BCUT2D eigenvalue weighted by molar-refractivity contribution is -0.129. The van der Waals surface area contributed by atoms with Crippen LogP contribution in [0.5, 0.6) is 0 Å². The second-order valence-corrected chi connectivity index (χ2v) is 8.43. The number of nitrogens with zero attached hydrogens (tertiary/aromatic N) is 2. The number of hydrogen-bond donors (Lipinski definition) is 1. The minimum absolute atomic E-state index is 0.0708. The average molecular weight is 380 g/mol. The quantitative estimate of drug-likeness (QED) is 0.762. The highest BCUT2D eigenvalue weighted by molar-refractivity contribution is 8.05. The molecule has 1 unspecified atom stereocenters. The van der Waals surface area contributed by atoms with Crippen LogP contribution in [-0.2, 0) is 4.79 Å². The smallest absolute Gasteiger partial charge is 0.262 e. The number of amides is 1. The van der Waals surface area contributed by atoms with Gasteiger partial charge in [-0.2, -0.15) is 0 Å². The Kier molecular flexibility index (Phi) is 5.48. The van der Waals surface area contributed by atoms with E-state index in [9.17, 15) is 4.79 Å². The van der Waals surface area contributed by atoms with Crippen LogP contribution in [0.4, 0.5) is 5.69 Å². The molecule has 2 aliphatic rings. The molecule has 1 saturated heterocycles. The predicted molar refractivity (Wildman–Crippen MR) is 112 cm³/mol. The lowest BCUT2D eigenvalue weighted by Gasteiger charge is -2.39. The Hall–Kier alpha value is -2.27. The van der Waals surface area contributed by atoms with E-state index in [-0.39, 0.29) is 11.4 Å². The number of para-hydroxylation sites is 1. The number of nitrogens with one attached hydrogen (secondary N) is 1. The zero-order valence-electron chi connectivity index (χ0n) is 15.5. The van der Waals surface area contributed by atoms with E-state index in [0.717, 1.165) is 22.6 Å². The van der Waals surface area contributed by atoms with E-state index in [0.29, 0.717) is 12.0 Å². The third-order valence-electron chi connectivity index (χ3n) is 5.43. The fourth-order valence-electron chi connectivity index (χ4n) is 3.98. The second-order valence-electron chi connectivity index (χ2n) is 7.31. The molecule has 4 nitrogen and oxygen atoms in total. The highest BCUT2D eigenvalue weighted by atomic mass is 32.2. The van der Waals surface area contributed by atoms with Crippen LogP contribution in [-0.4, -0.2) is 27.3 Å². The first-order valence-electron chi connectivity index (χ1n) is 9.65. The van der Waals surface area contributed by atoms with Crippen molar-refractivity contribution in [1.29, 1.82) is 0 Å². The van der Waals surface area contributed by atoms with Crippen molar-refractivity contribution >= 4 is 29.4 Å². The van der Waals surface area contributed by atoms with E-state index < -0.39 is 0 Å². The first kappa shape index (κ1) is 18.1. The van der Waals surface area contributed by atoms with Crippen molar-refractivity contribution in [3.8, 4) is 0 Å². The normalized spacial score (nSPS) is 27.1. The fraction of sp³-hybridized carbons (Fsp3) is 0.364. The van der Waals surface area contributed by atoms with Gasteiger partial charge in [-0.05, 0) is 54.7 Å². The molecule has 1 aliphatic carbocycles. The Morgan fingerprint density at radius 2 is 1.85 bits per heavy atom. The molecule has 1 aromatic heterocycles. The van der Waals surface area contributed by atoms with Crippen molar-refractivity contribution in [3.05, 3.63) is 65.3 Å². The summed E-state index contributed by atoms with van der Waals surface area (Å²) in [6, 6.07) is 14.3. The Balaban J connectivity index is 1.64. The molecule has 140 valence electrons. The second kappa shape index (κ2) is 8.17. The number of carbonyl (C=O) groups is 1. The van der Waals surface area contributed by atoms with E-state index >= 15 is 0 Å². The number of pyridine rings is 1. The minimum atomic E-state index is -0.0708. The van der Waals surface area contributed by atoms with Gasteiger partial charge < -0.3 is 10.2 Å². The zero-order chi connectivity index (χ0) is 18.6. The maximum Gasteiger partial charge on any atom is 0.262 e. The molecule has 1 saturated carbocycles. The van der Waals surface area contributed by atoms with Gasteiger partial charge in [0.2, 0.25) is 0 Å². The van der Waals surface area contributed by atoms with Crippen LogP contribution in [0.3, 0.4) is 0 Å². The first-order chi connectivity index (χ1) is 13.2. The van der Waals surface area contributed by atoms with Crippen molar-refractivity contribution in [2.45, 2.75) is 44.1 Å². The molecule has 2 heterocycles. The number of benzene rings is 1. The van der Waals surface area contributed by atoms with Gasteiger partial charge in [0, 0.05) is 24.1 Å². The van der Waals surface area contributed by atoms with E-state index in [2.05, 4.69) is 34.3 Å². The summed E-state index contributed by atoms with van der Waals surface area (Å²) in [5.74, 6) is 0.674. The van der Waals surface area contributed by atoms with Gasteiger partial charge in [0.25, 0.3) is 5.91 Å². The van der Waals surface area contributed by atoms with Crippen molar-refractivity contribution in [2.75, 3.05) is 5.32 Å². The molecule has 27 heavy (non-hydrogen) atoms. The van der Waals surface area contributed by atoms with Gasteiger partial charge in [-0.25, -0.2) is 0 Å². The molecule has 1 N–H and O–H groups in total. The van der Waals surface area contributed by atoms with Gasteiger partial charge in [-0.1, -0.05) is 49.7 Å². The van der Waals surface area contributed by atoms with Crippen molar-refractivity contribution < 1.29 is 4.79 Å². The van der Waals surface area contributed by atoms with E-state index in [1.807, 2.05) is 36.4 Å². The van der Waals surface area contributed by atoms with Crippen LogP contribution in [0.25, 0.3) is 6.08 Å². The summed E-state index contributed by atoms with van der Waals surface area (Å²) in [6.45, 7) is 2.28. The van der Waals surface area contributed by atoms with Gasteiger partial charge in [0.1, 0.15) is 0 Å². The van der Waals surface area contributed by atoms with Gasteiger partial charge in [-0.15, -0.1) is 0 Å². The van der Waals surface area contributed by atoms with E-state index in [1.165, 1.54) is 19.3 Å². The summed E-state index contributed by atoms with van der Waals surface area (Å²) in [4.78, 5) is 20.3. The number of rotatable bonds is 4. The monoisotopic (exact) mass is 379 g/mol. The van der Waals surface area contributed by atoms with Crippen molar-refractivity contribution in [3.63, 3.8) is 0 Å².